The Morgan fingerprint density at radius 3 is 2.23 bits per heavy atom. The summed E-state index contributed by atoms with van der Waals surface area (Å²) in [7, 11) is 0. The molecule has 0 atom stereocenters. The van der Waals surface area contributed by atoms with Gasteiger partial charge < -0.3 is 0 Å². The quantitative estimate of drug-likeness (QED) is 0.375. The van der Waals surface area contributed by atoms with E-state index in [1.165, 1.54) is 52.2 Å². The maximum Gasteiger partial charge on any atom is 0.0434 e. The fourth-order valence-corrected chi connectivity index (χ4v) is 7.29. The summed E-state index contributed by atoms with van der Waals surface area (Å²) in [5, 5.41) is 2.94. The lowest BCUT2D eigenvalue weighted by atomic mass is 9.89. The van der Waals surface area contributed by atoms with E-state index in [9.17, 15) is 0 Å². The summed E-state index contributed by atoms with van der Waals surface area (Å²) in [5.74, 6) is 0.554. The summed E-state index contributed by atoms with van der Waals surface area (Å²) < 4.78 is 2.98. The van der Waals surface area contributed by atoms with Crippen LogP contribution in [-0.2, 0) is 5.41 Å². The zero-order valence-electron chi connectivity index (χ0n) is 19.6. The number of hydrogen-bond donors (Lipinski definition) is 0. The first-order chi connectivity index (χ1) is 14.8. The second-order valence-electron chi connectivity index (χ2n) is 10.3. The first kappa shape index (κ1) is 21.0. The molecule has 0 spiro atoms. The van der Waals surface area contributed by atoms with Crippen molar-refractivity contribution in [2.45, 2.75) is 72.1 Å². The Morgan fingerprint density at radius 2 is 1.61 bits per heavy atom. The van der Waals surface area contributed by atoms with Crippen LogP contribution in [0.2, 0.25) is 0 Å². The number of rotatable bonds is 4. The van der Waals surface area contributed by atoms with E-state index in [-0.39, 0.29) is 5.41 Å². The van der Waals surface area contributed by atoms with Gasteiger partial charge in [-0.05, 0) is 53.9 Å². The molecule has 2 aliphatic carbocycles. The number of hydrogen-bond acceptors (Lipinski definition) is 2. The molecule has 0 radical (unpaired) electrons. The van der Waals surface area contributed by atoms with E-state index in [1.807, 2.05) is 22.7 Å². The van der Waals surface area contributed by atoms with Gasteiger partial charge in [-0.2, -0.15) is 0 Å². The van der Waals surface area contributed by atoms with Gasteiger partial charge in [-0.1, -0.05) is 77.5 Å². The van der Waals surface area contributed by atoms with Crippen LogP contribution in [0, 0.1) is 0 Å². The Kier molecular flexibility index (Phi) is 5.14. The molecule has 2 heterocycles. The molecule has 0 fully saturated rings. The van der Waals surface area contributed by atoms with Crippen molar-refractivity contribution in [2.24, 2.45) is 0 Å². The van der Waals surface area contributed by atoms with E-state index in [4.69, 9.17) is 0 Å². The van der Waals surface area contributed by atoms with Crippen LogP contribution in [0.25, 0.3) is 31.3 Å². The molecular formula is C29H32S2. The molecule has 2 aliphatic rings. The molecule has 5 rings (SSSR count). The molecule has 0 aliphatic heterocycles. The summed E-state index contributed by atoms with van der Waals surface area (Å²) in [4.78, 5) is 2.99. The van der Waals surface area contributed by atoms with Crippen molar-refractivity contribution < 1.29 is 0 Å². The van der Waals surface area contributed by atoms with Crippen molar-refractivity contribution in [3.63, 3.8) is 0 Å². The molecule has 2 aromatic heterocycles. The van der Waals surface area contributed by atoms with Gasteiger partial charge in [-0.25, -0.2) is 0 Å². The van der Waals surface area contributed by atoms with Gasteiger partial charge >= 0.3 is 0 Å². The van der Waals surface area contributed by atoms with Crippen LogP contribution in [0.3, 0.4) is 0 Å². The highest BCUT2D eigenvalue weighted by molar-refractivity contribution is 7.21. The number of fused-ring (bicyclic) bond motifs is 2. The van der Waals surface area contributed by atoms with Crippen molar-refractivity contribution in [3.05, 3.63) is 69.0 Å². The molecular weight excluding hydrogens is 412 g/mol. The molecule has 0 unspecified atom stereocenters. The van der Waals surface area contributed by atoms with Crippen LogP contribution in [-0.4, -0.2) is 0 Å². The highest BCUT2D eigenvalue weighted by atomic mass is 32.1. The third-order valence-electron chi connectivity index (χ3n) is 6.59. The van der Waals surface area contributed by atoms with Gasteiger partial charge in [-0.15, -0.1) is 22.7 Å². The van der Waals surface area contributed by atoms with Gasteiger partial charge in [0.15, 0.2) is 0 Å². The monoisotopic (exact) mass is 444 g/mol. The van der Waals surface area contributed by atoms with Crippen molar-refractivity contribution in [1.29, 1.82) is 0 Å². The minimum Gasteiger partial charge on any atom is -0.139 e. The van der Waals surface area contributed by atoms with Crippen molar-refractivity contribution in [2.75, 3.05) is 0 Å². The topological polar surface area (TPSA) is 0 Å². The average Bonchev–Trinajstić information content (AvgIpc) is 3.50. The molecule has 1 aromatic carbocycles. The Balaban J connectivity index is 1.89. The predicted octanol–water partition coefficient (Wildman–Crippen LogP) is 10.0. The lowest BCUT2D eigenvalue weighted by molar-refractivity contribution is 0.604. The third-order valence-corrected chi connectivity index (χ3v) is 9.62. The van der Waals surface area contributed by atoms with Gasteiger partial charge in [0.25, 0.3) is 0 Å². The maximum absolute atomic E-state index is 2.51. The van der Waals surface area contributed by atoms with E-state index < -0.39 is 0 Å². The Hall–Kier alpha value is -1.90. The summed E-state index contributed by atoms with van der Waals surface area (Å²) in [5.41, 5.74) is 7.69. The standard InChI is InChI=1S/C29H32S2/c1-7-18-12-13-20(14-18)26-21-15-23(17(2)3)30-27(21)25(19-10-8-9-11-19)22-16-24(29(4,5)6)31-28(22)26/h8-10,12-13,15-17H,7,11,14H2,1-6H3. The fraction of sp³-hybridized carbons (Fsp3) is 0.379. The molecule has 0 amide bonds. The van der Waals surface area contributed by atoms with Crippen LogP contribution in [0.5, 0.6) is 0 Å². The van der Waals surface area contributed by atoms with Crippen LogP contribution in [0.4, 0.5) is 0 Å². The maximum atomic E-state index is 2.51. The number of benzene rings is 1. The molecule has 31 heavy (non-hydrogen) atoms. The molecule has 0 saturated carbocycles. The normalized spacial score (nSPS) is 16.7. The largest absolute Gasteiger partial charge is 0.139 e. The Labute approximate surface area is 194 Å². The van der Waals surface area contributed by atoms with E-state index in [1.54, 1.807) is 5.57 Å². The zero-order chi connectivity index (χ0) is 21.9. The van der Waals surface area contributed by atoms with Crippen LogP contribution in [0.1, 0.15) is 87.6 Å². The van der Waals surface area contributed by atoms with Gasteiger partial charge in [0.2, 0.25) is 0 Å². The average molecular weight is 445 g/mol. The van der Waals surface area contributed by atoms with Crippen LogP contribution >= 0.6 is 22.7 Å². The lowest BCUT2D eigenvalue weighted by Crippen LogP contribution is -2.07. The van der Waals surface area contributed by atoms with E-state index in [2.05, 4.69) is 84.1 Å². The van der Waals surface area contributed by atoms with Crippen LogP contribution in [0.15, 0.2) is 48.1 Å². The summed E-state index contributed by atoms with van der Waals surface area (Å²) >= 11 is 4.05. The van der Waals surface area contributed by atoms with Crippen molar-refractivity contribution in [1.82, 2.24) is 0 Å². The van der Waals surface area contributed by atoms with Crippen molar-refractivity contribution >= 4 is 54.0 Å². The van der Waals surface area contributed by atoms with Crippen LogP contribution < -0.4 is 0 Å². The van der Waals surface area contributed by atoms with Gasteiger partial charge in [0.1, 0.15) is 0 Å². The number of thiophene rings is 2. The molecule has 2 heteroatoms. The first-order valence-corrected chi connectivity index (χ1v) is 13.2. The van der Waals surface area contributed by atoms with Gasteiger partial charge in [-0.3, -0.25) is 0 Å². The molecule has 0 saturated heterocycles. The second kappa shape index (κ2) is 7.60. The molecule has 0 nitrogen and oxygen atoms in total. The highest BCUT2D eigenvalue weighted by Gasteiger charge is 2.27. The van der Waals surface area contributed by atoms with E-state index in [0.29, 0.717) is 5.92 Å². The fourth-order valence-electron chi connectivity index (χ4n) is 4.71. The first-order valence-electron chi connectivity index (χ1n) is 11.6. The summed E-state index contributed by atoms with van der Waals surface area (Å²) in [6, 6.07) is 5.02. The predicted molar refractivity (Wildman–Crippen MR) is 143 cm³/mol. The zero-order valence-corrected chi connectivity index (χ0v) is 21.2. The molecule has 160 valence electrons. The Morgan fingerprint density at radius 1 is 0.903 bits per heavy atom. The van der Waals surface area contributed by atoms with E-state index >= 15 is 0 Å². The molecule has 0 bridgehead atoms. The third kappa shape index (κ3) is 3.49. The summed E-state index contributed by atoms with van der Waals surface area (Å²) in [6.07, 6.45) is 14.9. The lowest BCUT2D eigenvalue weighted by Gasteiger charge is -2.15. The molecule has 0 N–H and O–H groups in total. The SMILES string of the molecule is CCC1=CC=C(c2c3cc(C(C)C)sc3c(C3=CC=CC3)c3cc(C(C)(C)C)sc23)C1. The second-order valence-corrected chi connectivity index (χ2v) is 12.4. The minimum atomic E-state index is 0.161. The molecule has 3 aromatic rings. The Bertz CT molecular complexity index is 1310. The van der Waals surface area contributed by atoms with Gasteiger partial charge in [0.05, 0.1) is 0 Å². The smallest absolute Gasteiger partial charge is 0.0434 e. The van der Waals surface area contributed by atoms with E-state index in [0.717, 1.165) is 19.3 Å². The number of allylic oxidation sites excluding steroid dienone is 8. The van der Waals surface area contributed by atoms with Crippen molar-refractivity contribution in [3.8, 4) is 0 Å². The van der Waals surface area contributed by atoms with Gasteiger partial charge in [0, 0.05) is 41.1 Å². The summed E-state index contributed by atoms with van der Waals surface area (Å²) in [6.45, 7) is 14.0. The highest BCUT2D eigenvalue weighted by Crippen LogP contribution is 2.51. The minimum absolute atomic E-state index is 0.161.